The van der Waals surface area contributed by atoms with Crippen LogP contribution in [0.25, 0.3) is 0 Å². The number of carbonyl (C=O) groups excluding carboxylic acids is 2. The van der Waals surface area contributed by atoms with Gasteiger partial charge in [-0.2, -0.15) is 0 Å². The summed E-state index contributed by atoms with van der Waals surface area (Å²) in [6, 6.07) is 13.9. The zero-order valence-electron chi connectivity index (χ0n) is 17.7. The quantitative estimate of drug-likeness (QED) is 0.605. The number of nitrogens with zero attached hydrogens (tertiary/aromatic N) is 2. The van der Waals surface area contributed by atoms with E-state index in [-0.39, 0.29) is 23.6 Å². The summed E-state index contributed by atoms with van der Waals surface area (Å²) in [5, 5.41) is 3.17. The largest absolute Gasteiger partial charge is 0.459 e. The van der Waals surface area contributed by atoms with Crippen molar-refractivity contribution in [3.63, 3.8) is 0 Å². The van der Waals surface area contributed by atoms with Crippen LogP contribution in [0.5, 0.6) is 0 Å². The lowest BCUT2D eigenvalue weighted by Crippen LogP contribution is -2.46. The van der Waals surface area contributed by atoms with E-state index in [1.807, 2.05) is 37.3 Å². The van der Waals surface area contributed by atoms with Crippen molar-refractivity contribution in [3.8, 4) is 0 Å². The van der Waals surface area contributed by atoms with Crippen LogP contribution in [0.15, 0.2) is 71.6 Å². The minimum Gasteiger partial charge on any atom is -0.459 e. The molecule has 1 N–H and O–H groups in total. The highest BCUT2D eigenvalue weighted by Gasteiger charge is 2.36. The van der Waals surface area contributed by atoms with Gasteiger partial charge in [-0.25, -0.2) is 0 Å². The number of hydrogen-bond acceptors (Lipinski definition) is 4. The maximum absolute atomic E-state index is 13.7. The molecule has 1 atom stereocenters. The number of para-hydroxylation sites is 1. The summed E-state index contributed by atoms with van der Waals surface area (Å²) >= 11 is 0. The highest BCUT2D eigenvalue weighted by Crippen LogP contribution is 2.33. The lowest BCUT2D eigenvalue weighted by atomic mass is 10.0. The van der Waals surface area contributed by atoms with Gasteiger partial charge in [-0.15, -0.1) is 0 Å². The molecule has 31 heavy (non-hydrogen) atoms. The van der Waals surface area contributed by atoms with Crippen molar-refractivity contribution >= 4 is 17.5 Å². The molecule has 3 aromatic rings. The Morgan fingerprint density at radius 3 is 2.61 bits per heavy atom. The van der Waals surface area contributed by atoms with Gasteiger partial charge in [0, 0.05) is 29.7 Å². The summed E-state index contributed by atoms with van der Waals surface area (Å²) in [7, 11) is 0. The van der Waals surface area contributed by atoms with Gasteiger partial charge < -0.3 is 9.73 Å². The topological polar surface area (TPSA) is 75.4 Å². The number of pyridine rings is 1. The Hall–Kier alpha value is -3.41. The molecule has 1 aliphatic carbocycles. The highest BCUT2D eigenvalue weighted by molar-refractivity contribution is 6.09. The van der Waals surface area contributed by atoms with Gasteiger partial charge in [-0.05, 0) is 49.1 Å². The number of aryl methyl sites for hydroxylation is 1. The lowest BCUT2D eigenvalue weighted by molar-refractivity contribution is -0.123. The van der Waals surface area contributed by atoms with Crippen LogP contribution < -0.4 is 10.2 Å². The predicted octanol–water partition coefficient (Wildman–Crippen LogP) is 4.68. The number of hydrogen-bond donors (Lipinski definition) is 1. The van der Waals surface area contributed by atoms with E-state index >= 15 is 0 Å². The maximum atomic E-state index is 13.7. The van der Waals surface area contributed by atoms with Crippen LogP contribution >= 0.6 is 0 Å². The number of amides is 2. The van der Waals surface area contributed by atoms with Gasteiger partial charge >= 0.3 is 0 Å². The molecule has 0 unspecified atom stereocenters. The molecule has 6 heteroatoms. The molecule has 1 saturated carbocycles. The van der Waals surface area contributed by atoms with E-state index in [9.17, 15) is 9.59 Å². The first kappa shape index (κ1) is 20.8. The van der Waals surface area contributed by atoms with Gasteiger partial charge in [0.25, 0.3) is 5.91 Å². The van der Waals surface area contributed by atoms with Crippen LogP contribution in [0.1, 0.15) is 60.3 Å². The first-order valence-corrected chi connectivity index (χ1v) is 10.8. The molecule has 2 heterocycles. The van der Waals surface area contributed by atoms with Crippen LogP contribution in [-0.4, -0.2) is 22.8 Å². The summed E-state index contributed by atoms with van der Waals surface area (Å²) in [5.74, 6) is -0.375. The fourth-order valence-electron chi connectivity index (χ4n) is 4.24. The Morgan fingerprint density at radius 1 is 1.13 bits per heavy atom. The number of aromatic nitrogens is 1. The number of benzene rings is 1. The number of nitrogens with one attached hydrogen (secondary N) is 1. The van der Waals surface area contributed by atoms with Crippen LogP contribution in [-0.2, 0) is 11.2 Å². The fraction of sp³-hybridized carbons (Fsp3) is 0.320. The van der Waals surface area contributed by atoms with Crippen molar-refractivity contribution in [3.05, 3.63) is 84.1 Å². The molecule has 0 saturated heterocycles. The van der Waals surface area contributed by atoms with E-state index in [2.05, 4.69) is 10.3 Å². The molecular formula is C25H27N3O3. The standard InChI is InChI=1S/C25H27N3O3/c1-2-18-9-3-6-13-21(18)28(25(30)22-14-8-16-31-22)23(19-10-7-15-26-17-19)24(29)27-20-11-4-5-12-20/h3,6-10,13-17,20,23H,2,4-5,11-12H2,1H3,(H,27,29)/t23-/m1/s1. The molecule has 2 amide bonds. The second-order valence-corrected chi connectivity index (χ2v) is 7.81. The third-order valence-corrected chi connectivity index (χ3v) is 5.79. The Bertz CT molecular complexity index is 1010. The Balaban J connectivity index is 1.82. The zero-order chi connectivity index (χ0) is 21.6. The van der Waals surface area contributed by atoms with E-state index in [1.165, 1.54) is 6.26 Å². The normalized spacial score (nSPS) is 14.9. The molecule has 0 spiro atoms. The van der Waals surface area contributed by atoms with Gasteiger partial charge in [-0.3, -0.25) is 19.5 Å². The minimum atomic E-state index is -0.861. The van der Waals surface area contributed by atoms with Crippen molar-refractivity contribution in [1.82, 2.24) is 10.3 Å². The third-order valence-electron chi connectivity index (χ3n) is 5.79. The summed E-state index contributed by atoms with van der Waals surface area (Å²) in [5.41, 5.74) is 2.33. The summed E-state index contributed by atoms with van der Waals surface area (Å²) in [6.45, 7) is 2.03. The summed E-state index contributed by atoms with van der Waals surface area (Å²) in [4.78, 5) is 33.1. The second kappa shape index (κ2) is 9.60. The summed E-state index contributed by atoms with van der Waals surface area (Å²) in [6.07, 6.45) is 9.64. The molecule has 1 aliphatic rings. The van der Waals surface area contributed by atoms with E-state index in [0.29, 0.717) is 11.3 Å². The van der Waals surface area contributed by atoms with Gasteiger partial charge in [0.2, 0.25) is 5.91 Å². The van der Waals surface area contributed by atoms with Gasteiger partial charge in [0.1, 0.15) is 6.04 Å². The monoisotopic (exact) mass is 417 g/mol. The fourth-order valence-corrected chi connectivity index (χ4v) is 4.24. The molecule has 0 radical (unpaired) electrons. The first-order valence-electron chi connectivity index (χ1n) is 10.8. The first-order chi connectivity index (χ1) is 15.2. The van der Waals surface area contributed by atoms with Crippen LogP contribution in [0, 0.1) is 0 Å². The zero-order valence-corrected chi connectivity index (χ0v) is 17.7. The number of carbonyl (C=O) groups is 2. The molecule has 1 fully saturated rings. The van der Waals surface area contributed by atoms with Crippen molar-refractivity contribution in [2.45, 2.75) is 51.1 Å². The van der Waals surface area contributed by atoms with Gasteiger partial charge in [-0.1, -0.05) is 44.0 Å². The molecule has 6 nitrogen and oxygen atoms in total. The van der Waals surface area contributed by atoms with Crippen molar-refractivity contribution in [2.75, 3.05) is 4.90 Å². The molecule has 2 aromatic heterocycles. The third kappa shape index (κ3) is 4.53. The Morgan fingerprint density at radius 2 is 1.94 bits per heavy atom. The maximum Gasteiger partial charge on any atom is 0.294 e. The molecule has 0 aliphatic heterocycles. The lowest BCUT2D eigenvalue weighted by Gasteiger charge is -2.32. The van der Waals surface area contributed by atoms with E-state index in [0.717, 1.165) is 37.7 Å². The highest BCUT2D eigenvalue weighted by atomic mass is 16.3. The molecular weight excluding hydrogens is 390 g/mol. The smallest absolute Gasteiger partial charge is 0.294 e. The Kier molecular flexibility index (Phi) is 6.46. The summed E-state index contributed by atoms with van der Waals surface area (Å²) < 4.78 is 5.43. The van der Waals surface area contributed by atoms with Gasteiger partial charge in [0.05, 0.1) is 6.26 Å². The van der Waals surface area contributed by atoms with E-state index in [4.69, 9.17) is 4.42 Å². The number of rotatable bonds is 7. The average molecular weight is 418 g/mol. The number of anilines is 1. The molecule has 0 bridgehead atoms. The molecule has 160 valence electrons. The van der Waals surface area contributed by atoms with E-state index in [1.54, 1.807) is 35.5 Å². The van der Waals surface area contributed by atoms with Crippen molar-refractivity contribution in [1.29, 1.82) is 0 Å². The van der Waals surface area contributed by atoms with E-state index < -0.39 is 6.04 Å². The van der Waals surface area contributed by atoms with Crippen molar-refractivity contribution < 1.29 is 14.0 Å². The van der Waals surface area contributed by atoms with Gasteiger partial charge in [0.15, 0.2) is 5.76 Å². The Labute approximate surface area is 182 Å². The number of furan rings is 1. The van der Waals surface area contributed by atoms with Crippen molar-refractivity contribution in [2.24, 2.45) is 0 Å². The molecule has 4 rings (SSSR count). The van der Waals surface area contributed by atoms with Crippen LogP contribution in [0.3, 0.4) is 0 Å². The minimum absolute atomic E-state index is 0.133. The van der Waals surface area contributed by atoms with Crippen LogP contribution in [0.4, 0.5) is 5.69 Å². The molecule has 1 aromatic carbocycles. The SMILES string of the molecule is CCc1ccccc1N(C(=O)c1ccco1)[C@@H](C(=O)NC1CCCC1)c1cccnc1. The average Bonchev–Trinajstić information content (AvgIpc) is 3.52. The predicted molar refractivity (Wildman–Crippen MR) is 119 cm³/mol. The van der Waals surface area contributed by atoms with Crippen LogP contribution in [0.2, 0.25) is 0 Å². The second-order valence-electron chi connectivity index (χ2n) is 7.81.